The van der Waals surface area contributed by atoms with E-state index in [-0.39, 0.29) is 17.4 Å². The van der Waals surface area contributed by atoms with E-state index in [0.29, 0.717) is 0 Å². The van der Waals surface area contributed by atoms with Crippen LogP contribution in [0.15, 0.2) is 132 Å². The third-order valence-electron chi connectivity index (χ3n) is 6.41. The number of aliphatic carboxylic acids is 1. The Morgan fingerprint density at radius 2 is 1.08 bits per heavy atom. The average Bonchev–Trinajstić information content (AvgIpc) is 3.55. The molecule has 5 N–H and O–H groups in total. The Kier molecular flexibility index (Phi) is 13.3. The molecule has 0 aliphatic rings. The number of nitrogens with two attached hydrogens (primary N) is 2. The summed E-state index contributed by atoms with van der Waals surface area (Å²) in [5.74, 6) is 2.33. The molecule has 0 atom stereocenters. The van der Waals surface area contributed by atoms with Crippen molar-refractivity contribution < 1.29 is 38.6 Å². The molecular weight excluding hydrogens is 636 g/mol. The molecule has 246 valence electrons. The fourth-order valence-corrected chi connectivity index (χ4v) is 4.86. The normalized spacial score (nSPS) is 10.9. The first-order valence-electron chi connectivity index (χ1n) is 14.4. The summed E-state index contributed by atoms with van der Waals surface area (Å²) in [5, 5.41) is 14.4. The maximum Gasteiger partial charge on any atom is 0.360 e. The molecule has 0 radical (unpaired) electrons. The maximum absolute atomic E-state index is 12.3. The third kappa shape index (κ3) is 10.6. The van der Waals surface area contributed by atoms with Gasteiger partial charge in [-0.25, -0.2) is 25.3 Å². The van der Waals surface area contributed by atoms with Gasteiger partial charge in [0.05, 0.1) is 0 Å². The highest BCUT2D eigenvalue weighted by molar-refractivity contribution is 7.13. The van der Waals surface area contributed by atoms with Gasteiger partial charge in [0.15, 0.2) is 23.9 Å². The van der Waals surface area contributed by atoms with Crippen LogP contribution in [0.1, 0.15) is 40.2 Å². The fourth-order valence-electron chi connectivity index (χ4n) is 4.31. The number of ether oxygens (including phenoxy) is 2. The first-order chi connectivity index (χ1) is 23.4. The van der Waals surface area contributed by atoms with E-state index in [1.54, 1.807) is 0 Å². The van der Waals surface area contributed by atoms with Crippen molar-refractivity contribution in [2.75, 3.05) is 18.9 Å². The average molecular weight is 669 g/mol. The van der Waals surface area contributed by atoms with E-state index >= 15 is 0 Å². The summed E-state index contributed by atoms with van der Waals surface area (Å²) < 4.78 is 11.0. The number of hydrogen-bond donors (Lipinski definition) is 3. The number of benzene rings is 4. The highest BCUT2D eigenvalue weighted by Crippen LogP contribution is 2.27. The van der Waals surface area contributed by atoms with Crippen molar-refractivity contribution >= 4 is 40.1 Å². The van der Waals surface area contributed by atoms with Crippen LogP contribution in [0, 0.1) is 0 Å². The standard InChI is InChI=1S/C20H17N3O5S.C15H15NO3/c21-20-22-15(12-29-20)17(19(25)26)23-27-11-16(24)28-18(13-7-3-1-4-8-13)14-9-5-2-6-10-14;16-18-11-14(17)19-15(12-7-3-1-4-8-12)13-9-5-2-6-10-13/h1-10,12,18H,11H2,(H2,21,22)(H,25,26);1-10,15H,11,16H2/b23-17-;. The van der Waals surface area contributed by atoms with E-state index in [2.05, 4.69) is 15.0 Å². The zero-order valence-electron chi connectivity index (χ0n) is 25.5. The van der Waals surface area contributed by atoms with Crippen LogP contribution < -0.4 is 11.6 Å². The molecule has 0 saturated heterocycles. The lowest BCUT2D eigenvalue weighted by molar-refractivity contribution is -0.153. The van der Waals surface area contributed by atoms with Crippen molar-refractivity contribution in [3.8, 4) is 0 Å². The van der Waals surface area contributed by atoms with E-state index in [1.165, 1.54) is 5.38 Å². The molecule has 48 heavy (non-hydrogen) atoms. The van der Waals surface area contributed by atoms with E-state index in [0.717, 1.165) is 33.6 Å². The van der Waals surface area contributed by atoms with Gasteiger partial charge in [0.2, 0.25) is 12.3 Å². The van der Waals surface area contributed by atoms with Crippen LogP contribution >= 0.6 is 11.3 Å². The summed E-state index contributed by atoms with van der Waals surface area (Å²) in [7, 11) is 0. The molecule has 5 aromatic rings. The Labute approximate surface area is 280 Å². The third-order valence-corrected chi connectivity index (χ3v) is 7.09. The molecular formula is C35H32N4O8S. The Hall–Kier alpha value is -5.89. The number of carboxylic acid groups (broad SMARTS) is 1. The van der Waals surface area contributed by atoms with Crippen LogP contribution in [-0.4, -0.2) is 46.9 Å². The number of oxime groups is 1. The summed E-state index contributed by atoms with van der Waals surface area (Å²) in [5.41, 5.74) is 8.49. The molecule has 0 fully saturated rings. The fraction of sp³-hybridized carbons (Fsp3) is 0.114. The summed E-state index contributed by atoms with van der Waals surface area (Å²) >= 11 is 1.07. The number of nitrogen functional groups attached to an aromatic ring is 1. The van der Waals surface area contributed by atoms with Crippen molar-refractivity contribution in [1.82, 2.24) is 4.98 Å². The Morgan fingerprint density at radius 1 is 0.688 bits per heavy atom. The number of rotatable bonds is 13. The molecule has 1 aromatic heterocycles. The Balaban J connectivity index is 0.000000237. The van der Waals surface area contributed by atoms with E-state index < -0.39 is 42.4 Å². The minimum atomic E-state index is -1.35. The lowest BCUT2D eigenvalue weighted by Crippen LogP contribution is -2.19. The molecule has 1 heterocycles. The number of thiazole rings is 1. The first kappa shape index (κ1) is 35.0. The van der Waals surface area contributed by atoms with Crippen molar-refractivity contribution in [3.63, 3.8) is 0 Å². The van der Waals surface area contributed by atoms with Crippen molar-refractivity contribution in [1.29, 1.82) is 0 Å². The summed E-state index contributed by atoms with van der Waals surface area (Å²) in [4.78, 5) is 48.3. The predicted octanol–water partition coefficient (Wildman–Crippen LogP) is 5.07. The number of anilines is 1. The number of carbonyl (C=O) groups excluding carboxylic acids is 2. The summed E-state index contributed by atoms with van der Waals surface area (Å²) in [6, 6.07) is 37.6. The van der Waals surface area contributed by atoms with E-state index in [9.17, 15) is 19.5 Å². The maximum atomic E-state index is 12.3. The second kappa shape index (κ2) is 18.3. The van der Waals surface area contributed by atoms with Gasteiger partial charge in [-0.15, -0.1) is 11.3 Å². The highest BCUT2D eigenvalue weighted by atomic mass is 32.1. The number of esters is 2. The largest absolute Gasteiger partial charge is 0.476 e. The van der Waals surface area contributed by atoms with Gasteiger partial charge in [-0.05, 0) is 22.3 Å². The SMILES string of the molecule is NOCC(=O)OC(c1ccccc1)c1ccccc1.Nc1nc(/C(=N/OCC(=O)OC(c2ccccc2)c2ccccc2)C(=O)O)cs1. The molecule has 0 aliphatic heterocycles. The Bertz CT molecular complexity index is 1690. The Morgan fingerprint density at radius 3 is 1.42 bits per heavy atom. The quantitative estimate of drug-likeness (QED) is 0.0864. The molecule has 0 spiro atoms. The number of aromatic nitrogens is 1. The predicted molar refractivity (Wildman–Crippen MR) is 178 cm³/mol. The van der Waals surface area contributed by atoms with E-state index in [4.69, 9.17) is 25.9 Å². The topological polar surface area (TPSA) is 186 Å². The van der Waals surface area contributed by atoms with Crippen molar-refractivity contribution in [2.24, 2.45) is 11.1 Å². The molecule has 4 aromatic carbocycles. The molecule has 0 amide bonds. The molecule has 0 bridgehead atoms. The van der Waals surface area contributed by atoms with Gasteiger partial charge < -0.3 is 25.2 Å². The summed E-state index contributed by atoms with van der Waals surface area (Å²) in [6.07, 6.45) is -1.08. The van der Waals surface area contributed by atoms with Gasteiger partial charge in [-0.1, -0.05) is 126 Å². The van der Waals surface area contributed by atoms with Gasteiger partial charge in [-0.3, -0.25) is 4.84 Å². The van der Waals surface area contributed by atoms with Crippen LogP contribution in [0.3, 0.4) is 0 Å². The van der Waals surface area contributed by atoms with Gasteiger partial charge in [0.25, 0.3) is 0 Å². The van der Waals surface area contributed by atoms with Crippen LogP contribution in [0.25, 0.3) is 0 Å². The van der Waals surface area contributed by atoms with Crippen LogP contribution in [0.2, 0.25) is 0 Å². The van der Waals surface area contributed by atoms with Gasteiger partial charge in [-0.2, -0.15) is 0 Å². The molecule has 13 heteroatoms. The molecule has 12 nitrogen and oxygen atoms in total. The van der Waals surface area contributed by atoms with Gasteiger partial charge in [0.1, 0.15) is 5.69 Å². The minimum absolute atomic E-state index is 0.0554. The summed E-state index contributed by atoms with van der Waals surface area (Å²) in [6.45, 7) is -0.831. The van der Waals surface area contributed by atoms with Crippen LogP contribution in [0.4, 0.5) is 5.13 Å². The van der Waals surface area contributed by atoms with Gasteiger partial charge >= 0.3 is 17.9 Å². The number of nitrogens with zero attached hydrogens (tertiary/aromatic N) is 2. The first-order valence-corrected chi connectivity index (χ1v) is 15.3. The van der Waals surface area contributed by atoms with Crippen LogP contribution in [0.5, 0.6) is 0 Å². The smallest absolute Gasteiger partial charge is 0.360 e. The van der Waals surface area contributed by atoms with Crippen LogP contribution in [-0.2, 0) is 33.5 Å². The number of hydrogen-bond acceptors (Lipinski definition) is 12. The highest BCUT2D eigenvalue weighted by Gasteiger charge is 2.21. The zero-order valence-corrected chi connectivity index (χ0v) is 26.3. The monoisotopic (exact) mass is 668 g/mol. The minimum Gasteiger partial charge on any atom is -0.476 e. The molecule has 5 rings (SSSR count). The van der Waals surface area contributed by atoms with Crippen molar-refractivity contribution in [2.45, 2.75) is 12.2 Å². The lowest BCUT2D eigenvalue weighted by Gasteiger charge is -2.18. The second-order valence-electron chi connectivity index (χ2n) is 9.78. The van der Waals surface area contributed by atoms with Gasteiger partial charge in [0, 0.05) is 5.38 Å². The molecule has 0 saturated carbocycles. The second-order valence-corrected chi connectivity index (χ2v) is 10.7. The lowest BCUT2D eigenvalue weighted by atomic mass is 10.0. The molecule has 0 aliphatic carbocycles. The van der Waals surface area contributed by atoms with Crippen molar-refractivity contribution in [3.05, 3.63) is 155 Å². The zero-order chi connectivity index (χ0) is 34.1. The number of carbonyl (C=O) groups is 3. The molecule has 0 unspecified atom stereocenters. The number of carboxylic acids is 1. The van der Waals surface area contributed by atoms with E-state index in [1.807, 2.05) is 121 Å².